The molecule has 1 aromatic carbocycles. The molecule has 1 saturated carbocycles. The molecule has 0 radical (unpaired) electrons. The van der Waals surface area contributed by atoms with Gasteiger partial charge in [0.05, 0.1) is 17.7 Å². The molecule has 1 fully saturated rings. The second kappa shape index (κ2) is 3.49. The third-order valence-corrected chi connectivity index (χ3v) is 3.32. The summed E-state index contributed by atoms with van der Waals surface area (Å²) in [5.74, 6) is 1.03. The highest BCUT2D eigenvalue weighted by Gasteiger charge is 2.39. The first-order valence-corrected chi connectivity index (χ1v) is 5.70. The molecule has 4 heteroatoms. The average molecular weight is 228 g/mol. The van der Waals surface area contributed by atoms with Crippen LogP contribution in [-0.2, 0) is 4.79 Å². The molecule has 3 unspecified atom stereocenters. The average Bonchev–Trinajstić information content (AvgIpc) is 3.09. The summed E-state index contributed by atoms with van der Waals surface area (Å²) in [5.41, 5.74) is 1.82. The van der Waals surface area contributed by atoms with Crippen molar-refractivity contribution in [1.29, 1.82) is 5.26 Å². The number of ether oxygens (including phenoxy) is 1. The van der Waals surface area contributed by atoms with Crippen molar-refractivity contribution < 1.29 is 9.53 Å². The molecular formula is C13H12N2O2. The van der Waals surface area contributed by atoms with Crippen LogP contribution in [-0.4, -0.2) is 12.0 Å². The number of nitrogens with one attached hydrogen (secondary N) is 1. The highest BCUT2D eigenvalue weighted by molar-refractivity contribution is 5.97. The molecule has 2 aliphatic rings. The molecule has 3 rings (SSSR count). The lowest BCUT2D eigenvalue weighted by atomic mass is 10.1. The maximum absolute atomic E-state index is 11.5. The van der Waals surface area contributed by atoms with Crippen molar-refractivity contribution in [3.05, 3.63) is 23.8 Å². The molecule has 1 heterocycles. The predicted octanol–water partition coefficient (Wildman–Crippen LogP) is 2.03. The lowest BCUT2D eigenvalue weighted by Gasteiger charge is -2.23. The Morgan fingerprint density at radius 1 is 1.53 bits per heavy atom. The van der Waals surface area contributed by atoms with E-state index in [1.807, 2.05) is 18.2 Å². The summed E-state index contributed by atoms with van der Waals surface area (Å²) < 4.78 is 5.48. The fourth-order valence-electron chi connectivity index (χ4n) is 2.16. The summed E-state index contributed by atoms with van der Waals surface area (Å²) in [5, 5.41) is 11.6. The fourth-order valence-corrected chi connectivity index (χ4v) is 2.16. The van der Waals surface area contributed by atoms with E-state index in [0.29, 0.717) is 17.4 Å². The number of rotatable bonds is 1. The zero-order valence-electron chi connectivity index (χ0n) is 9.43. The zero-order valence-corrected chi connectivity index (χ0v) is 9.43. The molecule has 17 heavy (non-hydrogen) atoms. The van der Waals surface area contributed by atoms with E-state index < -0.39 is 6.10 Å². The fraction of sp³-hybridized carbons (Fsp3) is 0.385. The van der Waals surface area contributed by atoms with Crippen molar-refractivity contribution in [2.24, 2.45) is 5.92 Å². The van der Waals surface area contributed by atoms with Gasteiger partial charge in [-0.15, -0.1) is 0 Å². The third-order valence-electron chi connectivity index (χ3n) is 3.32. The highest BCUT2D eigenvalue weighted by atomic mass is 16.5. The molecule has 0 bridgehead atoms. The minimum Gasteiger partial charge on any atom is -0.479 e. The smallest absolute Gasteiger partial charge is 0.265 e. The lowest BCUT2D eigenvalue weighted by molar-refractivity contribution is -0.122. The number of benzene rings is 1. The number of anilines is 1. The van der Waals surface area contributed by atoms with E-state index in [2.05, 4.69) is 11.4 Å². The maximum atomic E-state index is 11.5. The Bertz CT molecular complexity index is 533. The minimum atomic E-state index is -0.443. The van der Waals surface area contributed by atoms with Gasteiger partial charge in [0.25, 0.3) is 5.91 Å². The summed E-state index contributed by atoms with van der Waals surface area (Å²) in [6.07, 6.45) is 0.474. The molecular weight excluding hydrogens is 216 g/mol. The highest BCUT2D eigenvalue weighted by Crippen LogP contribution is 2.48. The van der Waals surface area contributed by atoms with E-state index in [-0.39, 0.29) is 11.8 Å². The molecule has 4 nitrogen and oxygen atoms in total. The molecule has 1 aromatic rings. The van der Waals surface area contributed by atoms with Gasteiger partial charge < -0.3 is 10.1 Å². The minimum absolute atomic E-state index is 0.123. The van der Waals surface area contributed by atoms with E-state index in [1.165, 1.54) is 0 Å². The Hall–Kier alpha value is -2.02. The van der Waals surface area contributed by atoms with Crippen LogP contribution in [0.1, 0.15) is 24.8 Å². The Kier molecular flexibility index (Phi) is 2.08. The quantitative estimate of drug-likeness (QED) is 0.800. The largest absolute Gasteiger partial charge is 0.479 e. The summed E-state index contributed by atoms with van der Waals surface area (Å²) in [6.45, 7) is 1.72. The first-order valence-electron chi connectivity index (χ1n) is 5.70. The van der Waals surface area contributed by atoms with Gasteiger partial charge >= 0.3 is 0 Å². The molecule has 86 valence electrons. The summed E-state index contributed by atoms with van der Waals surface area (Å²) in [6, 6.07) is 8.03. The second-order valence-electron chi connectivity index (χ2n) is 4.58. The first kappa shape index (κ1) is 10.2. The Labute approximate surface area is 99.2 Å². The topological polar surface area (TPSA) is 62.1 Å². The Balaban J connectivity index is 1.90. The van der Waals surface area contributed by atoms with Crippen LogP contribution in [0.15, 0.2) is 18.2 Å². The number of carbonyl (C=O) groups excluding carboxylic acids is 1. The van der Waals surface area contributed by atoms with E-state index in [0.717, 1.165) is 12.0 Å². The Morgan fingerprint density at radius 3 is 3.06 bits per heavy atom. The van der Waals surface area contributed by atoms with Gasteiger partial charge in [0.2, 0.25) is 0 Å². The van der Waals surface area contributed by atoms with Crippen LogP contribution >= 0.6 is 0 Å². The van der Waals surface area contributed by atoms with Gasteiger partial charge in [-0.1, -0.05) is 6.07 Å². The molecule has 1 aliphatic carbocycles. The monoisotopic (exact) mass is 228 g/mol. The van der Waals surface area contributed by atoms with Gasteiger partial charge in [-0.2, -0.15) is 5.26 Å². The first-order chi connectivity index (χ1) is 8.19. The third kappa shape index (κ3) is 1.64. The number of hydrogen-bond donors (Lipinski definition) is 1. The lowest BCUT2D eigenvalue weighted by Crippen LogP contribution is -2.34. The van der Waals surface area contributed by atoms with Gasteiger partial charge in [-0.05, 0) is 31.0 Å². The normalized spacial score (nSPS) is 29.6. The van der Waals surface area contributed by atoms with E-state index in [1.54, 1.807) is 6.92 Å². The molecule has 0 aromatic heterocycles. The Morgan fingerprint density at radius 2 is 2.35 bits per heavy atom. The zero-order chi connectivity index (χ0) is 12.0. The molecule has 0 spiro atoms. The van der Waals surface area contributed by atoms with Crippen molar-refractivity contribution in [1.82, 2.24) is 0 Å². The van der Waals surface area contributed by atoms with Crippen LogP contribution in [0.4, 0.5) is 5.69 Å². The SMILES string of the molecule is CC1Oc2ccc(C3CC3C#N)cc2NC1=O. The molecule has 1 N–H and O–H groups in total. The van der Waals surface area contributed by atoms with Crippen molar-refractivity contribution in [3.8, 4) is 11.8 Å². The predicted molar refractivity (Wildman–Crippen MR) is 61.6 cm³/mol. The van der Waals surface area contributed by atoms with Gasteiger partial charge in [0.15, 0.2) is 6.10 Å². The number of carbonyl (C=O) groups is 1. The number of amides is 1. The second-order valence-corrected chi connectivity index (χ2v) is 4.58. The van der Waals surface area contributed by atoms with Crippen LogP contribution in [0.2, 0.25) is 0 Å². The molecule has 3 atom stereocenters. The van der Waals surface area contributed by atoms with E-state index in [4.69, 9.17) is 10.00 Å². The number of nitriles is 1. The van der Waals surface area contributed by atoms with Gasteiger partial charge in [-0.25, -0.2) is 0 Å². The standard InChI is InChI=1S/C13H12N2O2/c1-7-13(16)15-11-5-8(2-3-12(11)17-7)10-4-9(10)6-14/h2-3,5,7,9-10H,4H2,1H3,(H,15,16). The molecule has 0 saturated heterocycles. The van der Waals surface area contributed by atoms with Crippen LogP contribution in [0.25, 0.3) is 0 Å². The number of nitrogens with zero attached hydrogens (tertiary/aromatic N) is 1. The number of fused-ring (bicyclic) bond motifs is 1. The summed E-state index contributed by atoms with van der Waals surface area (Å²) in [7, 11) is 0. The van der Waals surface area contributed by atoms with Crippen LogP contribution in [0.5, 0.6) is 5.75 Å². The van der Waals surface area contributed by atoms with Crippen LogP contribution in [0, 0.1) is 17.2 Å². The summed E-state index contributed by atoms with van der Waals surface area (Å²) >= 11 is 0. The van der Waals surface area contributed by atoms with Crippen molar-refractivity contribution in [2.45, 2.75) is 25.4 Å². The van der Waals surface area contributed by atoms with E-state index in [9.17, 15) is 4.79 Å². The van der Waals surface area contributed by atoms with Crippen molar-refractivity contribution in [3.63, 3.8) is 0 Å². The van der Waals surface area contributed by atoms with Gasteiger partial charge in [-0.3, -0.25) is 4.79 Å². The molecule has 1 aliphatic heterocycles. The number of hydrogen-bond acceptors (Lipinski definition) is 3. The maximum Gasteiger partial charge on any atom is 0.265 e. The summed E-state index contributed by atoms with van der Waals surface area (Å²) in [4.78, 5) is 11.5. The van der Waals surface area contributed by atoms with Crippen LogP contribution < -0.4 is 10.1 Å². The van der Waals surface area contributed by atoms with Crippen LogP contribution in [0.3, 0.4) is 0 Å². The molecule has 1 amide bonds. The van der Waals surface area contributed by atoms with Gasteiger partial charge in [0, 0.05) is 5.92 Å². The van der Waals surface area contributed by atoms with Crippen molar-refractivity contribution >= 4 is 11.6 Å². The van der Waals surface area contributed by atoms with E-state index >= 15 is 0 Å². The van der Waals surface area contributed by atoms with Crippen molar-refractivity contribution in [2.75, 3.05) is 5.32 Å². The van der Waals surface area contributed by atoms with Gasteiger partial charge in [0.1, 0.15) is 5.75 Å².